The van der Waals surface area contributed by atoms with E-state index in [0.717, 1.165) is 57.6 Å². The second-order valence-electron chi connectivity index (χ2n) is 8.99. The number of rotatable bonds is 3. The van der Waals surface area contributed by atoms with Gasteiger partial charge in [-0.05, 0) is 24.5 Å². The van der Waals surface area contributed by atoms with Gasteiger partial charge in [0.2, 0.25) is 0 Å². The van der Waals surface area contributed by atoms with Gasteiger partial charge in [0.25, 0.3) is 0 Å². The summed E-state index contributed by atoms with van der Waals surface area (Å²) in [5, 5.41) is 3.83. The molecular weight excluding hydrogens is 438 g/mol. The highest BCUT2D eigenvalue weighted by Crippen LogP contribution is 2.37. The summed E-state index contributed by atoms with van der Waals surface area (Å²) >= 11 is 0. The number of H-pyrrole nitrogens is 1. The number of para-hydroxylation sites is 1. The zero-order valence-corrected chi connectivity index (χ0v) is 19.5. The second kappa shape index (κ2) is 8.47. The molecule has 6 rings (SSSR count). The molecule has 1 aliphatic rings. The first-order valence-corrected chi connectivity index (χ1v) is 11.9. The van der Waals surface area contributed by atoms with Crippen molar-refractivity contribution in [3.63, 3.8) is 0 Å². The van der Waals surface area contributed by atoms with Gasteiger partial charge in [-0.3, -0.25) is 4.40 Å². The summed E-state index contributed by atoms with van der Waals surface area (Å²) in [6, 6.07) is 18.8. The van der Waals surface area contributed by atoms with Crippen LogP contribution in [-0.4, -0.2) is 50.4 Å². The van der Waals surface area contributed by atoms with Crippen molar-refractivity contribution < 1.29 is 4.79 Å². The summed E-state index contributed by atoms with van der Waals surface area (Å²) in [6.45, 7) is 1.39. The number of nitrogens with two attached hydrogens (primary N) is 1. The number of urea groups is 1. The van der Waals surface area contributed by atoms with E-state index < -0.39 is 0 Å². The van der Waals surface area contributed by atoms with Crippen molar-refractivity contribution in [1.82, 2.24) is 29.6 Å². The SMILES string of the molecule is CNC(=O)N1CCC(c2nc(-c3cc4cccc(-c5ccccc5)c4[nH]3)c3c(N)nccn23)CC1. The summed E-state index contributed by atoms with van der Waals surface area (Å²) < 4.78 is 2.07. The quantitative estimate of drug-likeness (QED) is 0.361. The van der Waals surface area contributed by atoms with Crippen molar-refractivity contribution in [3.05, 3.63) is 72.8 Å². The molecule has 176 valence electrons. The third-order valence-corrected chi connectivity index (χ3v) is 6.97. The van der Waals surface area contributed by atoms with E-state index in [1.54, 1.807) is 13.2 Å². The summed E-state index contributed by atoms with van der Waals surface area (Å²) in [7, 11) is 1.67. The van der Waals surface area contributed by atoms with Crippen LogP contribution < -0.4 is 11.1 Å². The van der Waals surface area contributed by atoms with E-state index in [2.05, 4.69) is 68.2 Å². The molecule has 8 nitrogen and oxygen atoms in total. The highest BCUT2D eigenvalue weighted by molar-refractivity contribution is 5.98. The van der Waals surface area contributed by atoms with Crippen LogP contribution in [0, 0.1) is 0 Å². The minimum Gasteiger partial charge on any atom is -0.382 e. The smallest absolute Gasteiger partial charge is 0.317 e. The van der Waals surface area contributed by atoms with Crippen molar-refractivity contribution in [1.29, 1.82) is 0 Å². The van der Waals surface area contributed by atoms with Crippen molar-refractivity contribution in [3.8, 4) is 22.5 Å². The Morgan fingerprint density at radius 3 is 2.69 bits per heavy atom. The Hall–Kier alpha value is -4.33. The Kier molecular flexibility index (Phi) is 5.13. The molecule has 1 saturated heterocycles. The van der Waals surface area contributed by atoms with E-state index in [9.17, 15) is 4.79 Å². The van der Waals surface area contributed by atoms with Crippen LogP contribution in [0.5, 0.6) is 0 Å². The van der Waals surface area contributed by atoms with Gasteiger partial charge in [-0.15, -0.1) is 0 Å². The summed E-state index contributed by atoms with van der Waals surface area (Å²) in [4.78, 5) is 27.0. The van der Waals surface area contributed by atoms with Gasteiger partial charge in [0.15, 0.2) is 0 Å². The summed E-state index contributed by atoms with van der Waals surface area (Å²) in [5.74, 6) is 1.64. The largest absolute Gasteiger partial charge is 0.382 e. The molecule has 2 aromatic carbocycles. The number of amides is 2. The Bertz CT molecular complexity index is 1530. The molecule has 0 spiro atoms. The first-order chi connectivity index (χ1) is 17.1. The number of hydrogen-bond acceptors (Lipinski definition) is 4. The van der Waals surface area contributed by atoms with Crippen molar-refractivity contribution in [2.24, 2.45) is 0 Å². The van der Waals surface area contributed by atoms with Crippen LogP contribution >= 0.6 is 0 Å². The number of hydrogen-bond donors (Lipinski definition) is 3. The number of imidazole rings is 1. The lowest BCUT2D eigenvalue weighted by molar-refractivity contribution is 0.182. The number of anilines is 1. The molecule has 0 unspecified atom stereocenters. The van der Waals surface area contributed by atoms with Gasteiger partial charge in [0.05, 0.1) is 11.2 Å². The van der Waals surface area contributed by atoms with Gasteiger partial charge in [0.1, 0.15) is 22.9 Å². The van der Waals surface area contributed by atoms with Gasteiger partial charge < -0.3 is 20.9 Å². The lowest BCUT2D eigenvalue weighted by atomic mass is 9.96. The molecule has 8 heteroatoms. The molecule has 0 saturated carbocycles. The van der Waals surface area contributed by atoms with Crippen molar-refractivity contribution in [2.75, 3.05) is 25.9 Å². The fourth-order valence-corrected chi connectivity index (χ4v) is 5.20. The van der Waals surface area contributed by atoms with Crippen LogP contribution in [0.1, 0.15) is 24.6 Å². The molecule has 35 heavy (non-hydrogen) atoms. The maximum Gasteiger partial charge on any atom is 0.317 e. The third kappa shape index (κ3) is 3.58. The van der Waals surface area contributed by atoms with Gasteiger partial charge >= 0.3 is 6.03 Å². The van der Waals surface area contributed by atoms with Crippen molar-refractivity contribution in [2.45, 2.75) is 18.8 Å². The number of aromatic amines is 1. The molecule has 5 aromatic rings. The van der Waals surface area contributed by atoms with Gasteiger partial charge in [-0.2, -0.15) is 0 Å². The average Bonchev–Trinajstić information content (AvgIpc) is 3.51. The number of likely N-dealkylation sites (tertiary alicyclic amines) is 1. The number of carbonyl (C=O) groups excluding carboxylic acids is 1. The molecule has 0 atom stereocenters. The van der Waals surface area contributed by atoms with Gasteiger partial charge in [-0.1, -0.05) is 48.5 Å². The lowest BCUT2D eigenvalue weighted by Gasteiger charge is -2.31. The number of nitrogens with zero attached hydrogens (tertiary/aromatic N) is 4. The number of carbonyl (C=O) groups is 1. The fourth-order valence-electron chi connectivity index (χ4n) is 5.20. The van der Waals surface area contributed by atoms with Crippen LogP contribution in [0.25, 0.3) is 38.9 Å². The van der Waals surface area contributed by atoms with E-state index in [-0.39, 0.29) is 11.9 Å². The minimum absolute atomic E-state index is 0.0298. The predicted octanol–water partition coefficient (Wildman–Crippen LogP) is 4.65. The fraction of sp³-hybridized carbons (Fsp3) is 0.222. The van der Waals surface area contributed by atoms with Crippen molar-refractivity contribution >= 4 is 28.3 Å². The molecule has 0 aliphatic carbocycles. The average molecular weight is 466 g/mol. The summed E-state index contributed by atoms with van der Waals surface area (Å²) in [5.41, 5.74) is 12.3. The zero-order valence-electron chi connectivity index (χ0n) is 19.5. The molecule has 4 N–H and O–H groups in total. The van der Waals surface area contributed by atoms with E-state index in [0.29, 0.717) is 18.9 Å². The van der Waals surface area contributed by atoms with Crippen LogP contribution in [0.2, 0.25) is 0 Å². The molecule has 1 fully saturated rings. The molecule has 4 heterocycles. The van der Waals surface area contributed by atoms with Crippen LogP contribution in [-0.2, 0) is 0 Å². The molecule has 0 bridgehead atoms. The number of nitrogen functional groups attached to an aromatic ring is 1. The van der Waals surface area contributed by atoms with E-state index in [1.807, 2.05) is 17.2 Å². The molecule has 1 aliphatic heterocycles. The lowest BCUT2D eigenvalue weighted by Crippen LogP contribution is -2.42. The van der Waals surface area contributed by atoms with E-state index in [1.165, 1.54) is 0 Å². The first-order valence-electron chi connectivity index (χ1n) is 11.9. The number of aromatic nitrogens is 4. The molecular formula is C27H27N7O. The molecule has 0 radical (unpaired) electrons. The molecule has 3 aromatic heterocycles. The monoisotopic (exact) mass is 465 g/mol. The topological polar surface area (TPSA) is 104 Å². The third-order valence-electron chi connectivity index (χ3n) is 6.97. The number of piperidine rings is 1. The summed E-state index contributed by atoms with van der Waals surface area (Å²) in [6.07, 6.45) is 5.34. The molecule has 2 amide bonds. The van der Waals surface area contributed by atoms with Crippen LogP contribution in [0.3, 0.4) is 0 Å². The van der Waals surface area contributed by atoms with E-state index >= 15 is 0 Å². The Balaban J connectivity index is 1.45. The predicted molar refractivity (Wildman–Crippen MR) is 138 cm³/mol. The Labute approximate surface area is 202 Å². The standard InChI is InChI=1S/C27H27N7O/c1-29-27(35)33-13-10-18(11-14-33)26-32-23(24-25(28)30-12-15-34(24)26)21-16-19-8-5-9-20(22(19)31-21)17-6-3-2-4-7-17/h2-9,12,15-16,18,31H,10-11,13-14H2,1H3,(H2,28,30)(H,29,35). The minimum atomic E-state index is -0.0298. The van der Waals surface area contributed by atoms with Gasteiger partial charge in [-0.25, -0.2) is 14.8 Å². The normalized spacial score (nSPS) is 14.6. The Morgan fingerprint density at radius 2 is 1.91 bits per heavy atom. The zero-order chi connectivity index (χ0) is 23.9. The number of nitrogens with one attached hydrogen (secondary N) is 2. The van der Waals surface area contributed by atoms with Crippen LogP contribution in [0.4, 0.5) is 10.6 Å². The highest BCUT2D eigenvalue weighted by atomic mass is 16.2. The Morgan fingerprint density at radius 1 is 1.11 bits per heavy atom. The maximum absolute atomic E-state index is 12.0. The van der Waals surface area contributed by atoms with Crippen LogP contribution in [0.15, 0.2) is 67.0 Å². The first kappa shape index (κ1) is 21.2. The number of benzene rings is 2. The second-order valence-corrected chi connectivity index (χ2v) is 8.99. The highest BCUT2D eigenvalue weighted by Gasteiger charge is 2.28. The van der Waals surface area contributed by atoms with E-state index in [4.69, 9.17) is 10.7 Å². The number of fused-ring (bicyclic) bond motifs is 2. The maximum atomic E-state index is 12.0. The van der Waals surface area contributed by atoms with Gasteiger partial charge in [0, 0.05) is 49.4 Å².